The minimum atomic E-state index is -0.0869. The van der Waals surface area contributed by atoms with Gasteiger partial charge in [-0.1, -0.05) is 0 Å². The molecule has 0 radical (unpaired) electrons. The number of nitrogens with zero attached hydrogens (tertiary/aromatic N) is 2. The molecule has 2 N–H and O–H groups in total. The molecule has 1 aliphatic heterocycles. The first-order valence-corrected chi connectivity index (χ1v) is 10.2. The zero-order valence-corrected chi connectivity index (χ0v) is 16.4. The van der Waals surface area contributed by atoms with E-state index in [2.05, 4.69) is 39.6 Å². The second kappa shape index (κ2) is 9.53. The van der Waals surface area contributed by atoms with Crippen molar-refractivity contribution in [3.8, 4) is 0 Å². The number of piperazine rings is 1. The molecule has 0 bridgehead atoms. The summed E-state index contributed by atoms with van der Waals surface area (Å²) >= 11 is 1.49. The van der Waals surface area contributed by atoms with Gasteiger partial charge in [0.1, 0.15) is 0 Å². The molecule has 7 heteroatoms. The standard InChI is InChI=1S/C20H26N4O2S/c1-23-10-12-24(13-11-23)18-6-4-17(5-7-18)22-19(25)3-2-9-21-20(26)16-8-14-27-15-16/h4-8,14-15H,2-3,9-13H2,1H3,(H,21,26)(H,22,25). The smallest absolute Gasteiger partial charge is 0.252 e. The third kappa shape index (κ3) is 5.80. The predicted octanol–water partition coefficient (Wildman–Crippen LogP) is 2.65. The van der Waals surface area contributed by atoms with Gasteiger partial charge in [0.15, 0.2) is 0 Å². The largest absolute Gasteiger partial charge is 0.369 e. The molecule has 1 saturated heterocycles. The Labute approximate surface area is 164 Å². The van der Waals surface area contributed by atoms with E-state index >= 15 is 0 Å². The van der Waals surface area contributed by atoms with Gasteiger partial charge in [-0.2, -0.15) is 11.3 Å². The van der Waals surface area contributed by atoms with Crippen LogP contribution >= 0.6 is 11.3 Å². The number of hydrogen-bond acceptors (Lipinski definition) is 5. The van der Waals surface area contributed by atoms with E-state index in [1.807, 2.05) is 22.9 Å². The molecule has 1 aliphatic rings. The summed E-state index contributed by atoms with van der Waals surface area (Å²) in [5, 5.41) is 9.43. The van der Waals surface area contributed by atoms with Crippen LogP contribution < -0.4 is 15.5 Å². The zero-order chi connectivity index (χ0) is 19.1. The fourth-order valence-electron chi connectivity index (χ4n) is 2.99. The fraction of sp³-hybridized carbons (Fsp3) is 0.400. The molecule has 2 aromatic rings. The molecule has 0 saturated carbocycles. The molecule has 0 atom stereocenters. The van der Waals surface area contributed by atoms with Crippen molar-refractivity contribution in [2.24, 2.45) is 0 Å². The van der Waals surface area contributed by atoms with Crippen molar-refractivity contribution in [1.82, 2.24) is 10.2 Å². The van der Waals surface area contributed by atoms with E-state index in [4.69, 9.17) is 0 Å². The number of rotatable bonds is 7. The van der Waals surface area contributed by atoms with Crippen molar-refractivity contribution in [1.29, 1.82) is 0 Å². The van der Waals surface area contributed by atoms with Gasteiger partial charge in [0.05, 0.1) is 0 Å². The lowest BCUT2D eigenvalue weighted by Gasteiger charge is -2.34. The van der Waals surface area contributed by atoms with Crippen LogP contribution in [0.2, 0.25) is 0 Å². The molecule has 1 aromatic carbocycles. The SMILES string of the molecule is CN1CCN(c2ccc(NC(=O)CCCNC(=O)c3ccsc3)cc2)CC1. The molecular weight excluding hydrogens is 360 g/mol. The zero-order valence-electron chi connectivity index (χ0n) is 15.6. The summed E-state index contributed by atoms with van der Waals surface area (Å²) in [7, 11) is 2.14. The summed E-state index contributed by atoms with van der Waals surface area (Å²) < 4.78 is 0. The van der Waals surface area contributed by atoms with Gasteiger partial charge in [0.25, 0.3) is 5.91 Å². The molecule has 0 unspecified atom stereocenters. The van der Waals surface area contributed by atoms with Gasteiger partial charge in [-0.15, -0.1) is 0 Å². The van der Waals surface area contributed by atoms with E-state index in [0.29, 0.717) is 24.9 Å². The average molecular weight is 387 g/mol. The van der Waals surface area contributed by atoms with Gasteiger partial charge < -0.3 is 20.4 Å². The number of anilines is 2. The second-order valence-corrected chi connectivity index (χ2v) is 7.54. The molecule has 0 aliphatic carbocycles. The monoisotopic (exact) mass is 386 g/mol. The van der Waals surface area contributed by atoms with Crippen LogP contribution in [0.15, 0.2) is 41.1 Å². The first-order valence-electron chi connectivity index (χ1n) is 9.25. The Bertz CT molecular complexity index is 738. The highest BCUT2D eigenvalue weighted by Gasteiger charge is 2.14. The molecule has 6 nitrogen and oxygen atoms in total. The number of benzene rings is 1. The summed E-state index contributed by atoms with van der Waals surface area (Å²) in [6, 6.07) is 9.80. The Morgan fingerprint density at radius 3 is 2.48 bits per heavy atom. The lowest BCUT2D eigenvalue weighted by molar-refractivity contribution is -0.116. The number of thiophene rings is 1. The molecule has 3 rings (SSSR count). The number of carbonyl (C=O) groups is 2. The van der Waals surface area contributed by atoms with Crippen molar-refractivity contribution in [3.05, 3.63) is 46.7 Å². The quantitative estimate of drug-likeness (QED) is 0.718. The highest BCUT2D eigenvalue weighted by atomic mass is 32.1. The van der Waals surface area contributed by atoms with Crippen LogP contribution in [-0.4, -0.2) is 56.5 Å². The van der Waals surface area contributed by atoms with E-state index in [9.17, 15) is 9.59 Å². The summed E-state index contributed by atoms with van der Waals surface area (Å²) in [5.74, 6) is -0.122. The first kappa shape index (κ1) is 19.4. The average Bonchev–Trinajstić information content (AvgIpc) is 3.21. The highest BCUT2D eigenvalue weighted by Crippen LogP contribution is 2.19. The van der Waals surface area contributed by atoms with Gasteiger partial charge in [-0.3, -0.25) is 9.59 Å². The topological polar surface area (TPSA) is 64.7 Å². The summed E-state index contributed by atoms with van der Waals surface area (Å²) in [6.07, 6.45) is 0.991. The maximum Gasteiger partial charge on any atom is 0.252 e. The second-order valence-electron chi connectivity index (χ2n) is 6.76. The number of hydrogen-bond donors (Lipinski definition) is 2. The predicted molar refractivity (Wildman–Crippen MR) is 111 cm³/mol. The Hall–Kier alpha value is -2.38. The first-order chi connectivity index (χ1) is 13.1. The Kier molecular flexibility index (Phi) is 6.84. The van der Waals surface area contributed by atoms with Crippen LogP contribution in [0.1, 0.15) is 23.2 Å². The lowest BCUT2D eigenvalue weighted by Crippen LogP contribution is -2.44. The Morgan fingerprint density at radius 2 is 1.81 bits per heavy atom. The van der Waals surface area contributed by atoms with Gasteiger partial charge in [-0.05, 0) is 49.2 Å². The molecule has 1 aromatic heterocycles. The van der Waals surface area contributed by atoms with E-state index in [-0.39, 0.29) is 11.8 Å². The maximum atomic E-state index is 12.1. The van der Waals surface area contributed by atoms with Crippen LogP contribution in [0.4, 0.5) is 11.4 Å². The van der Waals surface area contributed by atoms with Crippen LogP contribution in [0.5, 0.6) is 0 Å². The van der Waals surface area contributed by atoms with Crippen molar-refractivity contribution >= 4 is 34.5 Å². The molecule has 27 heavy (non-hydrogen) atoms. The Morgan fingerprint density at radius 1 is 1.07 bits per heavy atom. The van der Waals surface area contributed by atoms with Gasteiger partial charge in [0, 0.05) is 61.5 Å². The van der Waals surface area contributed by atoms with Crippen molar-refractivity contribution in [2.75, 3.05) is 50.0 Å². The lowest BCUT2D eigenvalue weighted by atomic mass is 10.2. The van der Waals surface area contributed by atoms with Crippen LogP contribution in [0.3, 0.4) is 0 Å². The van der Waals surface area contributed by atoms with Crippen molar-refractivity contribution < 1.29 is 9.59 Å². The van der Waals surface area contributed by atoms with Gasteiger partial charge >= 0.3 is 0 Å². The van der Waals surface area contributed by atoms with Crippen molar-refractivity contribution in [2.45, 2.75) is 12.8 Å². The molecule has 2 amide bonds. The third-order valence-electron chi connectivity index (χ3n) is 4.67. The number of amides is 2. The summed E-state index contributed by atoms with van der Waals surface area (Å²) in [4.78, 5) is 28.6. The van der Waals surface area contributed by atoms with E-state index in [1.165, 1.54) is 17.0 Å². The number of nitrogens with one attached hydrogen (secondary N) is 2. The maximum absolute atomic E-state index is 12.1. The van der Waals surface area contributed by atoms with Gasteiger partial charge in [0.2, 0.25) is 5.91 Å². The van der Waals surface area contributed by atoms with Crippen LogP contribution in [0.25, 0.3) is 0 Å². The fourth-order valence-corrected chi connectivity index (χ4v) is 3.63. The number of likely N-dealkylation sites (N-methyl/N-ethyl adjacent to an activating group) is 1. The van der Waals surface area contributed by atoms with Gasteiger partial charge in [-0.25, -0.2) is 0 Å². The third-order valence-corrected chi connectivity index (χ3v) is 5.35. The summed E-state index contributed by atoms with van der Waals surface area (Å²) in [6.45, 7) is 4.69. The number of carbonyl (C=O) groups excluding carboxylic acids is 2. The minimum Gasteiger partial charge on any atom is -0.369 e. The normalized spacial score (nSPS) is 14.8. The van der Waals surface area contributed by atoms with E-state index < -0.39 is 0 Å². The molecule has 1 fully saturated rings. The minimum absolute atomic E-state index is 0.0351. The molecular formula is C20H26N4O2S. The Balaban J connectivity index is 1.37. The molecule has 144 valence electrons. The highest BCUT2D eigenvalue weighted by molar-refractivity contribution is 7.08. The molecule has 0 spiro atoms. The van der Waals surface area contributed by atoms with Crippen LogP contribution in [0, 0.1) is 0 Å². The summed E-state index contributed by atoms with van der Waals surface area (Å²) in [5.41, 5.74) is 2.67. The van der Waals surface area contributed by atoms with Crippen LogP contribution in [-0.2, 0) is 4.79 Å². The molecule has 2 heterocycles. The van der Waals surface area contributed by atoms with Crippen molar-refractivity contribution in [3.63, 3.8) is 0 Å². The van der Waals surface area contributed by atoms with E-state index in [0.717, 1.165) is 31.9 Å². The van der Waals surface area contributed by atoms with E-state index in [1.54, 1.807) is 6.07 Å².